The quantitative estimate of drug-likeness (QED) is 0.751. The third kappa shape index (κ3) is 5.38. The van der Waals surface area contributed by atoms with Crippen molar-refractivity contribution in [2.45, 2.75) is 31.7 Å². The van der Waals surface area contributed by atoms with Crippen LogP contribution in [0.2, 0.25) is 0 Å². The highest BCUT2D eigenvalue weighted by atomic mass is 16.5. The fourth-order valence-corrected chi connectivity index (χ4v) is 5.10. The number of nitrogens with zero attached hydrogens (tertiary/aromatic N) is 5. The largest absolute Gasteiger partial charge is 0.382 e. The van der Waals surface area contributed by atoms with Gasteiger partial charge in [0, 0.05) is 63.0 Å². The average Bonchev–Trinajstić information content (AvgIpc) is 2.90. The number of piperidine rings is 2. The van der Waals surface area contributed by atoms with Crippen LogP contribution in [0.1, 0.15) is 25.7 Å². The van der Waals surface area contributed by atoms with Gasteiger partial charge in [0.15, 0.2) is 0 Å². The van der Waals surface area contributed by atoms with Gasteiger partial charge in [-0.1, -0.05) is 18.2 Å². The normalized spacial score (nSPS) is 20.7. The maximum atomic E-state index is 13.2. The van der Waals surface area contributed by atoms with Crippen LogP contribution in [0.4, 0.5) is 17.3 Å². The Bertz CT molecular complexity index is 904. The predicted molar refractivity (Wildman–Crippen MR) is 130 cm³/mol. The molecule has 4 heterocycles. The van der Waals surface area contributed by atoms with Gasteiger partial charge in [0.2, 0.25) is 5.91 Å². The van der Waals surface area contributed by atoms with E-state index in [-0.39, 0.29) is 5.92 Å². The van der Waals surface area contributed by atoms with E-state index in [0.717, 1.165) is 95.5 Å². The van der Waals surface area contributed by atoms with Crippen LogP contribution in [0, 0.1) is 5.92 Å². The second-order valence-corrected chi connectivity index (χ2v) is 9.21. The summed E-state index contributed by atoms with van der Waals surface area (Å²) in [6.07, 6.45) is 5.44. The summed E-state index contributed by atoms with van der Waals surface area (Å²) in [6, 6.07) is 12.9. The third-order valence-electron chi connectivity index (χ3n) is 7.09. The molecule has 0 aliphatic carbocycles. The number of morpholine rings is 1. The van der Waals surface area contributed by atoms with E-state index in [0.29, 0.717) is 11.9 Å². The number of aromatic nitrogens is 2. The van der Waals surface area contributed by atoms with E-state index in [2.05, 4.69) is 60.3 Å². The molecule has 1 aromatic heterocycles. The number of para-hydroxylation sites is 1. The van der Waals surface area contributed by atoms with Crippen LogP contribution in [0.25, 0.3) is 0 Å². The summed E-state index contributed by atoms with van der Waals surface area (Å²) in [4.78, 5) is 28.8. The minimum absolute atomic E-state index is 0.125. The van der Waals surface area contributed by atoms with Crippen LogP contribution in [-0.2, 0) is 9.53 Å². The molecule has 0 atom stereocenters. The Hall–Kier alpha value is -2.87. The van der Waals surface area contributed by atoms with Gasteiger partial charge in [0.05, 0.1) is 13.2 Å². The summed E-state index contributed by atoms with van der Waals surface area (Å²) in [7, 11) is 0. The van der Waals surface area contributed by atoms with Crippen LogP contribution in [-0.4, -0.2) is 79.3 Å². The summed E-state index contributed by atoms with van der Waals surface area (Å²) < 4.78 is 5.45. The number of benzene rings is 1. The van der Waals surface area contributed by atoms with Crippen molar-refractivity contribution in [2.24, 2.45) is 5.92 Å². The zero-order valence-corrected chi connectivity index (χ0v) is 19.2. The Labute approximate surface area is 195 Å². The van der Waals surface area contributed by atoms with Gasteiger partial charge in [-0.15, -0.1) is 0 Å². The third-order valence-corrected chi connectivity index (χ3v) is 7.09. The Morgan fingerprint density at radius 2 is 1.48 bits per heavy atom. The minimum Gasteiger partial charge on any atom is -0.382 e. The highest BCUT2D eigenvalue weighted by Crippen LogP contribution is 2.27. The van der Waals surface area contributed by atoms with Crippen molar-refractivity contribution in [3.63, 3.8) is 0 Å². The molecule has 3 fully saturated rings. The molecule has 5 rings (SSSR count). The number of amides is 1. The molecule has 33 heavy (non-hydrogen) atoms. The number of hydrogen-bond donors (Lipinski definition) is 1. The monoisotopic (exact) mass is 450 g/mol. The number of anilines is 3. The molecule has 3 aliphatic heterocycles. The maximum Gasteiger partial charge on any atom is 0.225 e. The molecule has 2 aromatic rings. The number of ether oxygens (including phenoxy) is 1. The fourth-order valence-electron chi connectivity index (χ4n) is 5.10. The number of likely N-dealkylation sites (tertiary alicyclic amines) is 1. The Morgan fingerprint density at radius 1 is 0.848 bits per heavy atom. The van der Waals surface area contributed by atoms with Crippen LogP contribution in [0.3, 0.4) is 0 Å². The van der Waals surface area contributed by atoms with E-state index in [1.807, 2.05) is 6.07 Å². The second kappa shape index (κ2) is 10.4. The first-order valence-electron chi connectivity index (χ1n) is 12.3. The highest BCUT2D eigenvalue weighted by molar-refractivity contribution is 5.79. The lowest BCUT2D eigenvalue weighted by Gasteiger charge is -2.38. The highest BCUT2D eigenvalue weighted by Gasteiger charge is 2.31. The smallest absolute Gasteiger partial charge is 0.225 e. The Morgan fingerprint density at radius 3 is 2.15 bits per heavy atom. The molecule has 0 bridgehead atoms. The van der Waals surface area contributed by atoms with Gasteiger partial charge in [-0.05, 0) is 37.8 Å². The lowest BCUT2D eigenvalue weighted by Crippen LogP contribution is -2.47. The van der Waals surface area contributed by atoms with E-state index in [1.54, 1.807) is 6.33 Å². The molecule has 8 nitrogen and oxygen atoms in total. The van der Waals surface area contributed by atoms with Gasteiger partial charge < -0.3 is 24.8 Å². The summed E-state index contributed by atoms with van der Waals surface area (Å²) in [5.74, 6) is 2.39. The first-order valence-corrected chi connectivity index (χ1v) is 12.3. The van der Waals surface area contributed by atoms with E-state index in [1.165, 1.54) is 0 Å². The Balaban J connectivity index is 1.10. The fraction of sp³-hybridized carbons (Fsp3) is 0.560. The van der Waals surface area contributed by atoms with Gasteiger partial charge in [-0.25, -0.2) is 9.97 Å². The zero-order valence-electron chi connectivity index (χ0n) is 19.2. The molecule has 0 spiro atoms. The standard InChI is InChI=1S/C25H34N6O2/c32-25(31-12-8-22(9-13-31)28-21-4-2-1-3-5-21)20-6-10-29(11-7-20)23-18-24(27-19-26-23)30-14-16-33-17-15-30/h1-5,18-20,22,28H,6-17H2. The molecule has 1 N–H and O–H groups in total. The van der Waals surface area contributed by atoms with Crippen molar-refractivity contribution in [1.82, 2.24) is 14.9 Å². The molecule has 0 unspecified atom stereocenters. The summed E-state index contributed by atoms with van der Waals surface area (Å²) >= 11 is 0. The van der Waals surface area contributed by atoms with Crippen molar-refractivity contribution < 1.29 is 9.53 Å². The molecule has 3 aliphatic rings. The summed E-state index contributed by atoms with van der Waals surface area (Å²) in [5.41, 5.74) is 1.16. The second-order valence-electron chi connectivity index (χ2n) is 9.21. The molecule has 8 heteroatoms. The first kappa shape index (κ1) is 21.9. The number of hydrogen-bond acceptors (Lipinski definition) is 7. The van der Waals surface area contributed by atoms with Gasteiger partial charge in [-0.3, -0.25) is 4.79 Å². The van der Waals surface area contributed by atoms with Crippen LogP contribution < -0.4 is 15.1 Å². The minimum atomic E-state index is 0.125. The van der Waals surface area contributed by atoms with E-state index >= 15 is 0 Å². The Kier molecular flexibility index (Phi) is 6.90. The summed E-state index contributed by atoms with van der Waals surface area (Å²) in [6.45, 7) is 6.63. The topological polar surface area (TPSA) is 73.8 Å². The van der Waals surface area contributed by atoms with Crippen LogP contribution in [0.15, 0.2) is 42.7 Å². The molecule has 1 aromatic carbocycles. The van der Waals surface area contributed by atoms with Crippen molar-refractivity contribution >= 4 is 23.2 Å². The molecule has 176 valence electrons. The van der Waals surface area contributed by atoms with Crippen LogP contribution >= 0.6 is 0 Å². The number of carbonyl (C=O) groups is 1. The van der Waals surface area contributed by atoms with Gasteiger partial charge in [-0.2, -0.15) is 0 Å². The van der Waals surface area contributed by atoms with Gasteiger partial charge in [0.1, 0.15) is 18.0 Å². The van der Waals surface area contributed by atoms with Gasteiger partial charge >= 0.3 is 0 Å². The van der Waals surface area contributed by atoms with Crippen LogP contribution in [0.5, 0.6) is 0 Å². The van der Waals surface area contributed by atoms with Gasteiger partial charge in [0.25, 0.3) is 0 Å². The molecular weight excluding hydrogens is 416 g/mol. The number of nitrogens with one attached hydrogen (secondary N) is 1. The SMILES string of the molecule is O=C(C1CCN(c2cc(N3CCOCC3)ncn2)CC1)N1CCC(Nc2ccccc2)CC1. The number of carbonyl (C=O) groups excluding carboxylic acids is 1. The first-order chi connectivity index (χ1) is 16.3. The van der Waals surface area contributed by atoms with Crippen molar-refractivity contribution in [1.29, 1.82) is 0 Å². The van der Waals surface area contributed by atoms with E-state index in [4.69, 9.17) is 4.74 Å². The molecule has 0 saturated carbocycles. The predicted octanol–water partition coefficient (Wildman–Crippen LogP) is 2.63. The number of rotatable bonds is 5. The maximum absolute atomic E-state index is 13.2. The lowest BCUT2D eigenvalue weighted by molar-refractivity contribution is -0.137. The molecule has 1 amide bonds. The summed E-state index contributed by atoms with van der Waals surface area (Å²) in [5, 5.41) is 3.60. The van der Waals surface area contributed by atoms with Crippen molar-refractivity contribution in [3.05, 3.63) is 42.7 Å². The van der Waals surface area contributed by atoms with E-state index in [9.17, 15) is 4.79 Å². The van der Waals surface area contributed by atoms with E-state index < -0.39 is 0 Å². The lowest BCUT2D eigenvalue weighted by atomic mass is 9.93. The molecule has 3 saturated heterocycles. The zero-order chi connectivity index (χ0) is 22.5. The van der Waals surface area contributed by atoms with Crippen molar-refractivity contribution in [3.8, 4) is 0 Å². The average molecular weight is 451 g/mol. The van der Waals surface area contributed by atoms with Crippen molar-refractivity contribution in [2.75, 3.05) is 67.6 Å². The molecular formula is C25H34N6O2. The molecule has 0 radical (unpaired) electrons.